The minimum Gasteiger partial charge on any atom is -0.227 e. The number of halogens is 5. The van der Waals surface area contributed by atoms with Crippen LogP contribution < -0.4 is 0 Å². The highest BCUT2D eigenvalue weighted by Crippen LogP contribution is 2.31. The Morgan fingerprint density at radius 3 is 2.54 bits per heavy atom. The molecule has 0 aromatic carbocycles. The molecule has 0 saturated heterocycles. The molecule has 0 radical (unpaired) electrons. The highest BCUT2D eigenvalue weighted by molar-refractivity contribution is 9.10. The first-order chi connectivity index (χ1) is 6.07. The second kappa shape index (κ2) is 4.41. The average molecular weight is 319 g/mol. The van der Waals surface area contributed by atoms with E-state index in [4.69, 9.17) is 0 Å². The van der Waals surface area contributed by atoms with E-state index in [1.807, 2.05) is 0 Å². The number of rotatable bonds is 2. The zero-order valence-electron chi connectivity index (χ0n) is 6.20. The van der Waals surface area contributed by atoms with Crippen molar-refractivity contribution in [2.45, 2.75) is 11.8 Å². The Bertz CT molecular complexity index is 317. The molecule has 1 aromatic heterocycles. The van der Waals surface area contributed by atoms with E-state index in [0.29, 0.717) is 0 Å². The lowest BCUT2D eigenvalue weighted by molar-refractivity contribution is 0.149. The van der Waals surface area contributed by atoms with Gasteiger partial charge in [0.15, 0.2) is 0 Å². The zero-order valence-corrected chi connectivity index (χ0v) is 9.37. The van der Waals surface area contributed by atoms with Gasteiger partial charge >= 0.3 is 0 Å². The molecule has 6 heteroatoms. The van der Waals surface area contributed by atoms with Crippen LogP contribution in [0.1, 0.15) is 17.6 Å². The molecule has 1 aromatic rings. The van der Waals surface area contributed by atoms with E-state index in [0.717, 1.165) is 6.20 Å². The first kappa shape index (κ1) is 11.0. The van der Waals surface area contributed by atoms with E-state index < -0.39 is 12.4 Å². The minimum absolute atomic E-state index is 0.0758. The van der Waals surface area contributed by atoms with Gasteiger partial charge in [-0.3, -0.25) is 0 Å². The second-order valence-electron chi connectivity index (χ2n) is 2.23. The van der Waals surface area contributed by atoms with Gasteiger partial charge in [-0.05, 0) is 15.9 Å². The van der Waals surface area contributed by atoms with E-state index in [9.17, 15) is 13.2 Å². The molecular weight excluding hydrogens is 315 g/mol. The number of nitrogens with zero attached hydrogens (tertiary/aromatic N) is 1. The summed E-state index contributed by atoms with van der Waals surface area (Å²) in [5.74, 6) is -0.742. The maximum Gasteiger partial charge on any atom is 0.266 e. The maximum atomic E-state index is 12.9. The third-order valence-corrected chi connectivity index (χ3v) is 2.95. The van der Waals surface area contributed by atoms with Gasteiger partial charge in [-0.2, -0.15) is 4.39 Å². The standard InChI is InChI=1S/C7H4Br2F3N/c8-1-3-5(9)4(6(10)11)2-13-7(3)12/h2,6H,1H2. The zero-order chi connectivity index (χ0) is 10.0. The van der Waals surface area contributed by atoms with Crippen molar-refractivity contribution in [2.75, 3.05) is 0 Å². The molecule has 0 amide bonds. The average Bonchev–Trinajstić information content (AvgIpc) is 2.04. The van der Waals surface area contributed by atoms with E-state index >= 15 is 0 Å². The number of pyridine rings is 1. The summed E-state index contributed by atoms with van der Waals surface area (Å²) in [5, 5.41) is 0.146. The lowest BCUT2D eigenvalue weighted by atomic mass is 10.2. The van der Waals surface area contributed by atoms with Crippen molar-refractivity contribution in [3.8, 4) is 0 Å². The minimum atomic E-state index is -2.65. The topological polar surface area (TPSA) is 12.9 Å². The Morgan fingerprint density at radius 1 is 1.46 bits per heavy atom. The second-order valence-corrected chi connectivity index (χ2v) is 3.58. The summed E-state index contributed by atoms with van der Waals surface area (Å²) < 4.78 is 37.5. The predicted molar refractivity (Wildman–Crippen MR) is 49.5 cm³/mol. The Hall–Kier alpha value is -0.100. The van der Waals surface area contributed by atoms with Crippen LogP contribution in [0.5, 0.6) is 0 Å². The SMILES string of the molecule is Fc1ncc(C(F)F)c(Br)c1CBr. The Labute approximate surface area is 89.6 Å². The van der Waals surface area contributed by atoms with Crippen molar-refractivity contribution < 1.29 is 13.2 Å². The van der Waals surface area contributed by atoms with Gasteiger partial charge in [0.25, 0.3) is 6.43 Å². The van der Waals surface area contributed by atoms with Crippen LogP contribution in [-0.2, 0) is 5.33 Å². The van der Waals surface area contributed by atoms with Crippen LogP contribution in [0.2, 0.25) is 0 Å². The molecule has 1 nitrogen and oxygen atoms in total. The molecule has 0 saturated carbocycles. The van der Waals surface area contributed by atoms with Crippen molar-refractivity contribution in [2.24, 2.45) is 0 Å². The monoisotopic (exact) mass is 317 g/mol. The molecule has 0 aliphatic rings. The number of hydrogen-bond acceptors (Lipinski definition) is 1. The maximum absolute atomic E-state index is 12.9. The van der Waals surface area contributed by atoms with E-state index in [-0.39, 0.29) is 20.9 Å². The molecule has 0 aliphatic heterocycles. The van der Waals surface area contributed by atoms with Crippen molar-refractivity contribution in [3.05, 3.63) is 27.7 Å². The highest BCUT2D eigenvalue weighted by atomic mass is 79.9. The number of aromatic nitrogens is 1. The smallest absolute Gasteiger partial charge is 0.227 e. The number of alkyl halides is 3. The lowest BCUT2D eigenvalue weighted by Gasteiger charge is -2.06. The summed E-state index contributed by atoms with van der Waals surface area (Å²) in [6.45, 7) is 0. The van der Waals surface area contributed by atoms with Crippen LogP contribution in [0.25, 0.3) is 0 Å². The first-order valence-corrected chi connectivity index (χ1v) is 5.16. The van der Waals surface area contributed by atoms with Crippen LogP contribution in [0.4, 0.5) is 13.2 Å². The lowest BCUT2D eigenvalue weighted by Crippen LogP contribution is -1.98. The number of hydrogen-bond donors (Lipinski definition) is 0. The molecule has 0 spiro atoms. The van der Waals surface area contributed by atoms with Gasteiger partial charge < -0.3 is 0 Å². The summed E-state index contributed by atoms with van der Waals surface area (Å²) in [4.78, 5) is 3.23. The van der Waals surface area contributed by atoms with Gasteiger partial charge in [-0.25, -0.2) is 13.8 Å². The van der Waals surface area contributed by atoms with Crippen molar-refractivity contribution in [3.63, 3.8) is 0 Å². The molecule has 0 N–H and O–H groups in total. The molecule has 13 heavy (non-hydrogen) atoms. The fourth-order valence-corrected chi connectivity index (χ4v) is 2.26. The van der Waals surface area contributed by atoms with E-state index in [2.05, 4.69) is 36.8 Å². The fourth-order valence-electron chi connectivity index (χ4n) is 0.792. The van der Waals surface area contributed by atoms with Crippen LogP contribution >= 0.6 is 31.9 Å². The summed E-state index contributed by atoms with van der Waals surface area (Å²) >= 11 is 5.89. The molecule has 0 fully saturated rings. The van der Waals surface area contributed by atoms with Gasteiger partial charge in [0.1, 0.15) is 0 Å². The fraction of sp³-hybridized carbons (Fsp3) is 0.286. The van der Waals surface area contributed by atoms with Crippen LogP contribution in [0, 0.1) is 5.95 Å². The Kier molecular flexibility index (Phi) is 3.73. The Balaban J connectivity index is 3.27. The third kappa shape index (κ3) is 2.22. The molecule has 1 heterocycles. The van der Waals surface area contributed by atoms with Gasteiger partial charge in [0.05, 0.1) is 5.56 Å². The molecule has 0 atom stereocenters. The van der Waals surface area contributed by atoms with E-state index in [1.165, 1.54) is 0 Å². The molecule has 1 rings (SSSR count). The summed E-state index contributed by atoms with van der Waals surface area (Å²) in [5.41, 5.74) is -0.186. The molecule has 0 bridgehead atoms. The highest BCUT2D eigenvalue weighted by Gasteiger charge is 2.17. The van der Waals surface area contributed by atoms with Crippen LogP contribution in [-0.4, -0.2) is 4.98 Å². The van der Waals surface area contributed by atoms with Gasteiger partial charge in [0.2, 0.25) is 5.95 Å². The van der Waals surface area contributed by atoms with Gasteiger partial charge in [-0.15, -0.1) is 0 Å². The van der Waals surface area contributed by atoms with Crippen molar-refractivity contribution in [1.82, 2.24) is 4.98 Å². The molecular formula is C7H4Br2F3N. The molecule has 0 unspecified atom stereocenters. The van der Waals surface area contributed by atoms with Gasteiger partial charge in [0, 0.05) is 21.6 Å². The van der Waals surface area contributed by atoms with Crippen LogP contribution in [0.15, 0.2) is 10.7 Å². The predicted octanol–water partition coefficient (Wildman–Crippen LogP) is 3.82. The third-order valence-electron chi connectivity index (χ3n) is 1.45. The largest absolute Gasteiger partial charge is 0.266 e. The molecule has 72 valence electrons. The summed E-state index contributed by atoms with van der Waals surface area (Å²) in [7, 11) is 0. The van der Waals surface area contributed by atoms with Gasteiger partial charge in [-0.1, -0.05) is 15.9 Å². The summed E-state index contributed by atoms with van der Waals surface area (Å²) in [6, 6.07) is 0. The van der Waals surface area contributed by atoms with Crippen LogP contribution in [0.3, 0.4) is 0 Å². The van der Waals surface area contributed by atoms with E-state index in [1.54, 1.807) is 0 Å². The van der Waals surface area contributed by atoms with Crippen molar-refractivity contribution >= 4 is 31.9 Å². The Morgan fingerprint density at radius 2 is 2.08 bits per heavy atom. The first-order valence-electron chi connectivity index (χ1n) is 3.24. The van der Waals surface area contributed by atoms with Crippen molar-refractivity contribution in [1.29, 1.82) is 0 Å². The quantitative estimate of drug-likeness (QED) is 0.597. The molecule has 0 aliphatic carbocycles. The summed E-state index contributed by atoms with van der Waals surface area (Å²) in [6.07, 6.45) is -1.82. The normalized spacial score (nSPS) is 10.9.